The number of hydrogen-bond acceptors (Lipinski definition) is 4. The molecule has 0 aromatic carbocycles. The molecular formula is C11H17NO3S. The van der Waals surface area contributed by atoms with Crippen LogP contribution in [0.3, 0.4) is 0 Å². The fourth-order valence-electron chi connectivity index (χ4n) is 1.12. The third-order valence-electron chi connectivity index (χ3n) is 2.36. The first-order valence-corrected chi connectivity index (χ1v) is 6.01. The first-order valence-electron chi connectivity index (χ1n) is 5.13. The number of carboxylic acids is 1. The molecule has 0 amide bonds. The summed E-state index contributed by atoms with van der Waals surface area (Å²) in [5.41, 5.74) is 2.03. The van der Waals surface area contributed by atoms with E-state index in [1.807, 2.05) is 12.4 Å². The molecule has 0 bridgehead atoms. The summed E-state index contributed by atoms with van der Waals surface area (Å²) in [6.45, 7) is 6.06. The Morgan fingerprint density at radius 3 is 2.81 bits per heavy atom. The molecule has 4 nitrogen and oxygen atoms in total. The standard InChI is InChI=1S/C11H17NO3S/c1-8-9(16-7-12-8)4-5-15-6-11(2,3)10(13)14/h7H,4-6H2,1-3H3,(H,13,14). The Morgan fingerprint density at radius 1 is 1.62 bits per heavy atom. The maximum absolute atomic E-state index is 10.8. The van der Waals surface area contributed by atoms with Gasteiger partial charge in [0.2, 0.25) is 0 Å². The number of aryl methyl sites for hydroxylation is 1. The Balaban J connectivity index is 2.27. The molecule has 1 N–H and O–H groups in total. The molecule has 0 spiro atoms. The lowest BCUT2D eigenvalue weighted by Crippen LogP contribution is -2.29. The summed E-state index contributed by atoms with van der Waals surface area (Å²) in [5.74, 6) is -0.832. The highest BCUT2D eigenvalue weighted by molar-refractivity contribution is 7.09. The Labute approximate surface area is 99.3 Å². The van der Waals surface area contributed by atoms with Crippen LogP contribution < -0.4 is 0 Å². The number of rotatable bonds is 6. The highest BCUT2D eigenvalue weighted by Gasteiger charge is 2.27. The van der Waals surface area contributed by atoms with Crippen LogP contribution in [0.25, 0.3) is 0 Å². The largest absolute Gasteiger partial charge is 0.481 e. The highest BCUT2D eigenvalue weighted by atomic mass is 32.1. The number of ether oxygens (including phenoxy) is 1. The lowest BCUT2D eigenvalue weighted by molar-refractivity contribution is -0.150. The highest BCUT2D eigenvalue weighted by Crippen LogP contribution is 2.16. The Kier molecular flexibility index (Phi) is 4.44. The molecule has 0 aliphatic rings. The molecule has 0 aliphatic carbocycles. The van der Waals surface area contributed by atoms with Gasteiger partial charge in [-0.2, -0.15) is 0 Å². The fourth-order valence-corrected chi connectivity index (χ4v) is 1.88. The zero-order valence-electron chi connectivity index (χ0n) is 9.82. The van der Waals surface area contributed by atoms with Crippen LogP contribution in [0.4, 0.5) is 0 Å². The van der Waals surface area contributed by atoms with Gasteiger partial charge in [0, 0.05) is 11.3 Å². The summed E-state index contributed by atoms with van der Waals surface area (Å²) in [6, 6.07) is 0. The molecule has 0 radical (unpaired) electrons. The number of hydrogen-bond donors (Lipinski definition) is 1. The minimum atomic E-state index is -0.832. The van der Waals surface area contributed by atoms with E-state index in [4.69, 9.17) is 9.84 Å². The second kappa shape index (κ2) is 5.41. The number of aromatic nitrogens is 1. The van der Waals surface area contributed by atoms with Crippen molar-refractivity contribution < 1.29 is 14.6 Å². The van der Waals surface area contributed by atoms with E-state index in [9.17, 15) is 4.79 Å². The Hall–Kier alpha value is -0.940. The SMILES string of the molecule is Cc1ncsc1CCOCC(C)(C)C(=O)O. The lowest BCUT2D eigenvalue weighted by atomic mass is 9.95. The van der Waals surface area contributed by atoms with Crippen molar-refractivity contribution >= 4 is 17.3 Å². The van der Waals surface area contributed by atoms with Gasteiger partial charge < -0.3 is 9.84 Å². The van der Waals surface area contributed by atoms with E-state index in [0.717, 1.165) is 12.1 Å². The van der Waals surface area contributed by atoms with Crippen LogP contribution in [-0.2, 0) is 16.0 Å². The first kappa shape index (κ1) is 13.1. The topological polar surface area (TPSA) is 59.4 Å². The van der Waals surface area contributed by atoms with Crippen molar-refractivity contribution in [2.45, 2.75) is 27.2 Å². The van der Waals surface area contributed by atoms with Gasteiger partial charge in [-0.05, 0) is 20.8 Å². The zero-order valence-corrected chi connectivity index (χ0v) is 10.6. The molecule has 0 aliphatic heterocycles. The average molecular weight is 243 g/mol. The van der Waals surface area contributed by atoms with Crippen LogP contribution in [0.15, 0.2) is 5.51 Å². The van der Waals surface area contributed by atoms with Crippen molar-refractivity contribution in [2.24, 2.45) is 5.41 Å². The Bertz CT molecular complexity index is 360. The summed E-state index contributed by atoms with van der Waals surface area (Å²) < 4.78 is 5.39. The van der Waals surface area contributed by atoms with Gasteiger partial charge in [0.05, 0.1) is 29.8 Å². The third-order valence-corrected chi connectivity index (χ3v) is 3.36. The second-order valence-electron chi connectivity index (χ2n) is 4.35. The molecule has 0 unspecified atom stereocenters. The number of thiazole rings is 1. The smallest absolute Gasteiger partial charge is 0.311 e. The molecule has 1 rings (SSSR count). The van der Waals surface area contributed by atoms with Crippen LogP contribution in [0.1, 0.15) is 24.4 Å². The Morgan fingerprint density at radius 2 is 2.31 bits per heavy atom. The van der Waals surface area contributed by atoms with Crippen LogP contribution >= 0.6 is 11.3 Å². The number of carboxylic acid groups (broad SMARTS) is 1. The predicted octanol–water partition coefficient (Wildman–Crippen LogP) is 2.12. The van der Waals surface area contributed by atoms with Crippen molar-refractivity contribution in [2.75, 3.05) is 13.2 Å². The van der Waals surface area contributed by atoms with Crippen LogP contribution in [0, 0.1) is 12.3 Å². The molecule has 1 aromatic heterocycles. The van der Waals surface area contributed by atoms with Crippen LogP contribution in [-0.4, -0.2) is 29.3 Å². The van der Waals surface area contributed by atoms with E-state index in [0.29, 0.717) is 6.61 Å². The van der Waals surface area contributed by atoms with Crippen molar-refractivity contribution in [3.63, 3.8) is 0 Å². The van der Waals surface area contributed by atoms with Gasteiger partial charge in [-0.15, -0.1) is 11.3 Å². The van der Waals surface area contributed by atoms with Crippen LogP contribution in [0.5, 0.6) is 0 Å². The van der Waals surface area contributed by atoms with Crippen molar-refractivity contribution in [3.8, 4) is 0 Å². The maximum Gasteiger partial charge on any atom is 0.311 e. The molecule has 0 fully saturated rings. The molecule has 0 atom stereocenters. The summed E-state index contributed by atoms with van der Waals surface area (Å²) >= 11 is 1.61. The second-order valence-corrected chi connectivity index (χ2v) is 5.29. The van der Waals surface area contributed by atoms with Gasteiger partial charge in [-0.1, -0.05) is 0 Å². The minimum Gasteiger partial charge on any atom is -0.481 e. The first-order chi connectivity index (χ1) is 7.43. The molecule has 16 heavy (non-hydrogen) atoms. The molecule has 1 heterocycles. The van der Waals surface area contributed by atoms with E-state index >= 15 is 0 Å². The van der Waals surface area contributed by atoms with E-state index in [1.165, 1.54) is 4.88 Å². The predicted molar refractivity (Wildman–Crippen MR) is 62.8 cm³/mol. The summed E-state index contributed by atoms with van der Waals surface area (Å²) in [6.07, 6.45) is 0.798. The molecule has 0 saturated carbocycles. The van der Waals surface area contributed by atoms with Gasteiger partial charge in [-0.3, -0.25) is 4.79 Å². The number of aliphatic carboxylic acids is 1. The van der Waals surface area contributed by atoms with Crippen LogP contribution in [0.2, 0.25) is 0 Å². The molecule has 90 valence electrons. The van der Waals surface area contributed by atoms with Crippen molar-refractivity contribution in [1.82, 2.24) is 4.98 Å². The van der Waals surface area contributed by atoms with E-state index < -0.39 is 11.4 Å². The monoisotopic (exact) mass is 243 g/mol. The summed E-state index contributed by atoms with van der Waals surface area (Å²) in [7, 11) is 0. The quantitative estimate of drug-likeness (QED) is 0.777. The maximum atomic E-state index is 10.8. The van der Waals surface area contributed by atoms with Gasteiger partial charge >= 0.3 is 5.97 Å². The molecule has 0 saturated heterocycles. The van der Waals surface area contributed by atoms with Crippen molar-refractivity contribution in [3.05, 3.63) is 16.1 Å². The fraction of sp³-hybridized carbons (Fsp3) is 0.636. The minimum absolute atomic E-state index is 0.236. The summed E-state index contributed by atoms with van der Waals surface area (Å²) in [5, 5.41) is 8.88. The molecule has 5 heteroatoms. The third kappa shape index (κ3) is 3.57. The van der Waals surface area contributed by atoms with E-state index in [2.05, 4.69) is 4.98 Å². The molecular weight excluding hydrogens is 226 g/mol. The van der Waals surface area contributed by atoms with Gasteiger partial charge in [-0.25, -0.2) is 4.98 Å². The number of nitrogens with zero attached hydrogens (tertiary/aromatic N) is 1. The van der Waals surface area contributed by atoms with Gasteiger partial charge in [0.15, 0.2) is 0 Å². The summed E-state index contributed by atoms with van der Waals surface area (Å²) in [4.78, 5) is 16.2. The van der Waals surface area contributed by atoms with Crippen molar-refractivity contribution in [1.29, 1.82) is 0 Å². The molecule has 1 aromatic rings. The lowest BCUT2D eigenvalue weighted by Gasteiger charge is -2.18. The zero-order chi connectivity index (χ0) is 12.2. The van der Waals surface area contributed by atoms with E-state index in [1.54, 1.807) is 25.2 Å². The van der Waals surface area contributed by atoms with Gasteiger partial charge in [0.25, 0.3) is 0 Å². The van der Waals surface area contributed by atoms with Gasteiger partial charge in [0.1, 0.15) is 0 Å². The normalized spacial score (nSPS) is 11.7. The average Bonchev–Trinajstić information content (AvgIpc) is 2.59. The van der Waals surface area contributed by atoms with E-state index in [-0.39, 0.29) is 6.61 Å². The number of carbonyl (C=O) groups is 1.